The number of fused-ring (bicyclic) bond motifs is 1. The molecule has 4 rings (SSSR count). The number of rotatable bonds is 35. The summed E-state index contributed by atoms with van der Waals surface area (Å²) in [7, 11) is -16.4. The fourth-order valence-corrected chi connectivity index (χ4v) is 11.6. The highest BCUT2D eigenvalue weighted by Gasteiger charge is 2.50. The molecule has 0 aliphatic carbocycles. The molecule has 10 N–H and O–H groups in total. The maximum absolute atomic E-state index is 12.8. The number of aromatic nitrogens is 4. The Bertz CT molecular complexity index is 2240. The molecular weight excluding hydrogens is 1020 g/mol. The third-order valence-corrected chi connectivity index (χ3v) is 16.1. The summed E-state index contributed by atoms with van der Waals surface area (Å²) in [4.78, 5) is 90.0. The summed E-state index contributed by atoms with van der Waals surface area (Å²) in [5, 5.41) is 28.8. The van der Waals surface area contributed by atoms with E-state index in [0.717, 1.165) is 48.2 Å². The Balaban J connectivity index is 1.03. The molecule has 0 saturated carbocycles. The van der Waals surface area contributed by atoms with Crippen LogP contribution in [0.25, 0.3) is 11.2 Å². The predicted molar refractivity (Wildman–Crippen MR) is 260 cm³/mol. The number of aliphatic hydroxyl groups excluding tert-OH is 2. The van der Waals surface area contributed by atoms with E-state index in [1.54, 1.807) is 0 Å². The molecule has 2 unspecified atom stereocenters. The minimum Gasteiger partial charge on any atom is -0.386 e. The first kappa shape index (κ1) is 59.8. The number of nitrogens with one attached hydrogen (secondary N) is 2. The standard InChI is InChI=1S/C41H68N7O17P3S2/c1-41(2,26-62-68(59,60)65-67(57,58)61-25-30-35(64-66(54,55)56)34(51)40(63-30)48-28-47-33-37(42)45-27-46-38(33)48)36(52)39(53)44-21-20-31(49)43-22-24-70-32(50)19-15-13-11-9-7-5-3-4-6-8-10-12-14-17-29-18-16-23-69-29/h16,18,23,27-28,30,34-36,40,51-52H,3-15,17,19-22,24-26H2,1-2H3,(H,43,49)(H,44,53)(H,57,58)(H,59,60)(H2,42,45,46)(H2,54,55,56)/t30-,34-,35-,36+,40-/m1/s1. The molecule has 1 fully saturated rings. The van der Waals surface area contributed by atoms with Gasteiger partial charge in [-0.05, 0) is 30.7 Å². The number of nitrogens with two attached hydrogens (primary N) is 1. The van der Waals surface area contributed by atoms with Gasteiger partial charge in [0.15, 0.2) is 22.8 Å². The van der Waals surface area contributed by atoms with Crippen molar-refractivity contribution < 1.29 is 80.5 Å². The molecule has 3 aromatic rings. The normalized spacial score (nSPS) is 19.7. The summed E-state index contributed by atoms with van der Waals surface area (Å²) in [5.74, 6) is -1.02. The van der Waals surface area contributed by atoms with Crippen LogP contribution in [0.5, 0.6) is 0 Å². The molecule has 0 aromatic carbocycles. The largest absolute Gasteiger partial charge is 0.481 e. The Kier molecular flexibility index (Phi) is 25.0. The van der Waals surface area contributed by atoms with Crippen LogP contribution in [-0.2, 0) is 57.1 Å². The van der Waals surface area contributed by atoms with Gasteiger partial charge in [0.25, 0.3) is 0 Å². The second-order valence-corrected chi connectivity index (χ2v) is 23.9. The van der Waals surface area contributed by atoms with Crippen LogP contribution in [0.1, 0.15) is 121 Å². The summed E-state index contributed by atoms with van der Waals surface area (Å²) in [5.41, 5.74) is 4.29. The lowest BCUT2D eigenvalue weighted by molar-refractivity contribution is -0.137. The zero-order valence-corrected chi connectivity index (χ0v) is 43.6. The first-order valence-corrected chi connectivity index (χ1v) is 29.5. The molecular formula is C41H68N7O17P3S2. The van der Waals surface area contributed by atoms with Crippen molar-refractivity contribution in [1.29, 1.82) is 0 Å². The van der Waals surface area contributed by atoms with Crippen LogP contribution in [0.3, 0.4) is 0 Å². The van der Waals surface area contributed by atoms with Crippen LogP contribution in [0, 0.1) is 5.41 Å². The molecule has 70 heavy (non-hydrogen) atoms. The summed E-state index contributed by atoms with van der Waals surface area (Å²) in [6.45, 7) is 0.577. The van der Waals surface area contributed by atoms with Gasteiger partial charge in [0, 0.05) is 42.0 Å². The number of carbonyl (C=O) groups is 3. The molecule has 7 atom stereocenters. The molecule has 1 saturated heterocycles. The highest BCUT2D eigenvalue weighted by molar-refractivity contribution is 8.13. The third kappa shape index (κ3) is 21.4. The first-order chi connectivity index (χ1) is 33.1. The molecule has 1 aliphatic rings. The number of nitrogen functional groups attached to an aromatic ring is 1. The van der Waals surface area contributed by atoms with Crippen LogP contribution in [0.2, 0.25) is 0 Å². The van der Waals surface area contributed by atoms with E-state index >= 15 is 0 Å². The zero-order chi connectivity index (χ0) is 51.4. The molecule has 4 heterocycles. The van der Waals surface area contributed by atoms with E-state index in [1.165, 1.54) is 89.4 Å². The van der Waals surface area contributed by atoms with Crippen LogP contribution in [-0.4, -0.2) is 123 Å². The number of carbonyl (C=O) groups excluding carboxylic acids is 3. The SMILES string of the molecule is CC(C)(COP(=O)(O)OP(=O)(O)OC[C@H]1O[C@@H](n2cnc3c(N)ncnc32)[C@H](O)[C@@H]1OP(=O)(O)O)[C@@H](O)C(=O)NCCC(=O)NCCSC(=O)CCCCCCCCCCCCCCCc1cccs1. The molecule has 396 valence electrons. The number of phosphoric acid groups is 3. The van der Waals surface area contributed by atoms with Crippen LogP contribution < -0.4 is 16.4 Å². The Labute approximate surface area is 415 Å². The van der Waals surface area contributed by atoms with Gasteiger partial charge in [-0.15, -0.1) is 11.3 Å². The number of hydrogen-bond acceptors (Lipinski definition) is 19. The van der Waals surface area contributed by atoms with Gasteiger partial charge < -0.3 is 50.9 Å². The Morgan fingerprint density at radius 1 is 0.886 bits per heavy atom. The van der Waals surface area contributed by atoms with Crippen molar-refractivity contribution >= 4 is 80.5 Å². The lowest BCUT2D eigenvalue weighted by Crippen LogP contribution is -2.46. The summed E-state index contributed by atoms with van der Waals surface area (Å²) < 4.78 is 62.5. The Hall–Kier alpha value is -2.74. The molecule has 0 radical (unpaired) electrons. The molecule has 3 aromatic heterocycles. The number of thioether (sulfide) groups is 1. The van der Waals surface area contributed by atoms with Gasteiger partial charge in [0.05, 0.1) is 19.5 Å². The van der Waals surface area contributed by atoms with E-state index in [0.29, 0.717) is 12.2 Å². The highest BCUT2D eigenvalue weighted by atomic mass is 32.2. The number of hydrogen-bond donors (Lipinski definition) is 9. The fraction of sp³-hybridized carbons (Fsp3) is 0.707. The smallest absolute Gasteiger partial charge is 0.386 e. The van der Waals surface area contributed by atoms with Crippen molar-refractivity contribution in [3.8, 4) is 0 Å². The van der Waals surface area contributed by atoms with E-state index in [2.05, 4.69) is 51.9 Å². The van der Waals surface area contributed by atoms with Crippen molar-refractivity contribution in [3.63, 3.8) is 0 Å². The molecule has 0 bridgehead atoms. The van der Waals surface area contributed by atoms with E-state index < -0.39 is 84.6 Å². The maximum atomic E-state index is 12.8. The van der Waals surface area contributed by atoms with Crippen LogP contribution in [0.15, 0.2) is 30.2 Å². The number of nitrogens with zero attached hydrogens (tertiary/aromatic N) is 4. The maximum Gasteiger partial charge on any atom is 0.481 e. The van der Waals surface area contributed by atoms with Crippen molar-refractivity contribution in [2.45, 2.75) is 147 Å². The van der Waals surface area contributed by atoms with Gasteiger partial charge in [-0.3, -0.25) is 32.5 Å². The first-order valence-electron chi connectivity index (χ1n) is 23.1. The summed E-state index contributed by atoms with van der Waals surface area (Å²) in [6, 6.07) is 4.33. The Morgan fingerprint density at radius 3 is 2.14 bits per heavy atom. The van der Waals surface area contributed by atoms with Crippen molar-refractivity contribution in [2.75, 3.05) is 37.8 Å². The fourth-order valence-electron chi connectivity index (χ4n) is 7.34. The Morgan fingerprint density at radius 2 is 1.51 bits per heavy atom. The van der Waals surface area contributed by atoms with Crippen LogP contribution in [0.4, 0.5) is 5.82 Å². The minimum atomic E-state index is -5.58. The highest BCUT2D eigenvalue weighted by Crippen LogP contribution is 2.61. The van der Waals surface area contributed by atoms with Gasteiger partial charge >= 0.3 is 23.5 Å². The van der Waals surface area contributed by atoms with E-state index in [-0.39, 0.29) is 41.6 Å². The van der Waals surface area contributed by atoms with E-state index in [4.69, 9.17) is 19.5 Å². The lowest BCUT2D eigenvalue weighted by Gasteiger charge is -2.30. The van der Waals surface area contributed by atoms with Gasteiger partial charge in [0.1, 0.15) is 36.3 Å². The van der Waals surface area contributed by atoms with Gasteiger partial charge in [-0.2, -0.15) is 4.31 Å². The molecule has 0 spiro atoms. The average molecular weight is 1090 g/mol. The second-order valence-electron chi connectivity index (χ2n) is 17.5. The van der Waals surface area contributed by atoms with Crippen molar-refractivity contribution in [3.05, 3.63) is 35.0 Å². The predicted octanol–water partition coefficient (Wildman–Crippen LogP) is 5.43. The lowest BCUT2D eigenvalue weighted by atomic mass is 9.87. The minimum absolute atomic E-state index is 0.0334. The number of aryl methyl sites for hydroxylation is 1. The monoisotopic (exact) mass is 1090 g/mol. The average Bonchev–Trinajstić information content (AvgIpc) is 4.04. The van der Waals surface area contributed by atoms with Crippen molar-refractivity contribution in [1.82, 2.24) is 30.2 Å². The third-order valence-electron chi connectivity index (χ3n) is 11.1. The van der Waals surface area contributed by atoms with E-state index in [1.807, 2.05) is 11.3 Å². The second kappa shape index (κ2) is 29.2. The number of aliphatic hydroxyl groups is 2. The number of ether oxygens (including phenoxy) is 1. The van der Waals surface area contributed by atoms with Gasteiger partial charge in [0.2, 0.25) is 11.8 Å². The number of phosphoric ester groups is 3. The quantitative estimate of drug-likeness (QED) is 0.0262. The van der Waals surface area contributed by atoms with Gasteiger partial charge in [-0.1, -0.05) is 102 Å². The zero-order valence-electron chi connectivity index (χ0n) is 39.3. The molecule has 1 aliphatic heterocycles. The van der Waals surface area contributed by atoms with E-state index in [9.17, 15) is 57.9 Å². The van der Waals surface area contributed by atoms with Gasteiger partial charge in [-0.25, -0.2) is 28.6 Å². The number of unbranched alkanes of at least 4 members (excludes halogenated alkanes) is 12. The molecule has 29 heteroatoms. The number of amides is 2. The van der Waals surface area contributed by atoms with Crippen LogP contribution >= 0.6 is 46.6 Å². The number of imidazole rings is 1. The van der Waals surface area contributed by atoms with Crippen molar-refractivity contribution in [2.24, 2.45) is 5.41 Å². The summed E-state index contributed by atoms with van der Waals surface area (Å²) >= 11 is 3.00. The molecule has 2 amide bonds. The number of anilines is 1. The topological polar surface area (TPSA) is 364 Å². The summed E-state index contributed by atoms with van der Waals surface area (Å²) in [6.07, 6.45) is 10.6. The number of thiophene rings is 1. The molecule has 24 nitrogen and oxygen atoms in total.